The van der Waals surface area contributed by atoms with Crippen LogP contribution in [0.5, 0.6) is 0 Å². The molecule has 1 aliphatic rings. The van der Waals surface area contributed by atoms with E-state index >= 15 is 0 Å². The Balaban J connectivity index is 1.63. The second-order valence-corrected chi connectivity index (χ2v) is 4.76. The Morgan fingerprint density at radius 2 is 2.33 bits per heavy atom. The fraction of sp³-hybridized carbons (Fsp3) is 0.462. The topological polar surface area (TPSA) is 46.8 Å². The van der Waals surface area contributed by atoms with Gasteiger partial charge in [0.2, 0.25) is 0 Å². The Bertz CT molecular complexity index is 508. The molecular weight excluding hydrogens is 226 g/mol. The largest absolute Gasteiger partial charge is 0.295 e. The van der Waals surface area contributed by atoms with E-state index in [4.69, 9.17) is 0 Å². The molecule has 0 bridgehead atoms. The van der Waals surface area contributed by atoms with Gasteiger partial charge >= 0.3 is 0 Å². The molecule has 5 heteroatoms. The number of hydrogen-bond acceptors (Lipinski definition) is 4. The van der Waals surface area contributed by atoms with Crippen molar-refractivity contribution < 1.29 is 0 Å². The summed E-state index contributed by atoms with van der Waals surface area (Å²) in [4.78, 5) is 11.0. The zero-order valence-electron chi connectivity index (χ0n) is 10.5. The molecule has 0 N–H and O–H groups in total. The van der Waals surface area contributed by atoms with E-state index in [-0.39, 0.29) is 0 Å². The van der Waals surface area contributed by atoms with Crippen molar-refractivity contribution in [3.05, 3.63) is 42.2 Å². The van der Waals surface area contributed by atoms with Crippen LogP contribution in [-0.4, -0.2) is 37.7 Å². The zero-order valence-corrected chi connectivity index (χ0v) is 10.5. The summed E-state index contributed by atoms with van der Waals surface area (Å²) in [5.74, 6) is 0.843. The first-order valence-electron chi connectivity index (χ1n) is 6.31. The average Bonchev–Trinajstić information content (AvgIpc) is 2.98. The minimum atomic E-state index is 0.503. The van der Waals surface area contributed by atoms with E-state index in [0.29, 0.717) is 6.04 Å². The van der Waals surface area contributed by atoms with Crippen molar-refractivity contribution >= 4 is 0 Å². The van der Waals surface area contributed by atoms with Crippen LogP contribution in [0.1, 0.15) is 24.0 Å². The van der Waals surface area contributed by atoms with Crippen LogP contribution >= 0.6 is 0 Å². The highest BCUT2D eigenvalue weighted by molar-refractivity contribution is 5.02. The van der Waals surface area contributed by atoms with Gasteiger partial charge in [-0.2, -0.15) is 5.10 Å². The van der Waals surface area contributed by atoms with Gasteiger partial charge < -0.3 is 0 Å². The molecule has 1 unspecified atom stereocenters. The highest BCUT2D eigenvalue weighted by Crippen LogP contribution is 2.21. The summed E-state index contributed by atoms with van der Waals surface area (Å²) in [5.41, 5.74) is 1.10. The molecular formula is C13H17N5. The molecule has 0 aromatic carbocycles. The molecule has 0 spiro atoms. The number of aryl methyl sites for hydroxylation is 1. The maximum absolute atomic E-state index is 4.45. The van der Waals surface area contributed by atoms with Gasteiger partial charge in [-0.3, -0.25) is 9.58 Å². The highest BCUT2D eigenvalue weighted by Gasteiger charge is 2.24. The SMILES string of the molecule is Cc1nccc(CN2CCC(n3cccn3)C2)n1. The fourth-order valence-corrected chi connectivity index (χ4v) is 2.49. The van der Waals surface area contributed by atoms with E-state index in [9.17, 15) is 0 Å². The Morgan fingerprint density at radius 3 is 3.11 bits per heavy atom. The molecule has 1 fully saturated rings. The lowest BCUT2D eigenvalue weighted by atomic mass is 10.3. The minimum Gasteiger partial charge on any atom is -0.295 e. The zero-order chi connectivity index (χ0) is 12.4. The molecule has 0 saturated carbocycles. The quantitative estimate of drug-likeness (QED) is 0.818. The predicted octanol–water partition coefficient (Wildman–Crippen LogP) is 1.43. The number of likely N-dealkylation sites (tertiary alicyclic amines) is 1. The summed E-state index contributed by atoms with van der Waals surface area (Å²) in [6, 6.07) is 4.48. The third kappa shape index (κ3) is 2.41. The van der Waals surface area contributed by atoms with Gasteiger partial charge in [0.05, 0.1) is 11.7 Å². The van der Waals surface area contributed by atoms with Gasteiger partial charge in [0.1, 0.15) is 5.82 Å². The van der Waals surface area contributed by atoms with Gasteiger partial charge in [0, 0.05) is 38.2 Å². The Morgan fingerprint density at radius 1 is 1.39 bits per heavy atom. The van der Waals surface area contributed by atoms with Gasteiger partial charge in [0.15, 0.2) is 0 Å². The van der Waals surface area contributed by atoms with E-state index < -0.39 is 0 Å². The third-order valence-corrected chi connectivity index (χ3v) is 3.37. The van der Waals surface area contributed by atoms with E-state index in [1.807, 2.05) is 37.6 Å². The lowest BCUT2D eigenvalue weighted by Crippen LogP contribution is -2.22. The summed E-state index contributed by atoms with van der Waals surface area (Å²) >= 11 is 0. The smallest absolute Gasteiger partial charge is 0.125 e. The number of rotatable bonds is 3. The van der Waals surface area contributed by atoms with E-state index in [2.05, 4.69) is 24.6 Å². The molecule has 0 radical (unpaired) electrons. The maximum atomic E-state index is 4.45. The monoisotopic (exact) mass is 243 g/mol. The normalized spacial score (nSPS) is 20.4. The summed E-state index contributed by atoms with van der Waals surface area (Å²) in [7, 11) is 0. The second kappa shape index (κ2) is 4.86. The van der Waals surface area contributed by atoms with Crippen molar-refractivity contribution in [1.82, 2.24) is 24.6 Å². The van der Waals surface area contributed by atoms with E-state index in [1.165, 1.54) is 0 Å². The molecule has 0 amide bonds. The van der Waals surface area contributed by atoms with Crippen LogP contribution < -0.4 is 0 Å². The first-order valence-corrected chi connectivity index (χ1v) is 6.31. The minimum absolute atomic E-state index is 0.503. The first kappa shape index (κ1) is 11.3. The fourth-order valence-electron chi connectivity index (χ4n) is 2.49. The lowest BCUT2D eigenvalue weighted by Gasteiger charge is -2.15. The first-order chi connectivity index (χ1) is 8.81. The van der Waals surface area contributed by atoms with Crippen molar-refractivity contribution in [2.75, 3.05) is 13.1 Å². The van der Waals surface area contributed by atoms with Gasteiger partial charge in [-0.25, -0.2) is 9.97 Å². The summed E-state index contributed by atoms with van der Waals surface area (Å²) in [6.45, 7) is 4.99. The van der Waals surface area contributed by atoms with Crippen LogP contribution in [0.4, 0.5) is 0 Å². The lowest BCUT2D eigenvalue weighted by molar-refractivity contribution is 0.308. The van der Waals surface area contributed by atoms with E-state index in [0.717, 1.165) is 37.6 Å². The Labute approximate surface area is 106 Å². The van der Waals surface area contributed by atoms with Crippen molar-refractivity contribution in [2.24, 2.45) is 0 Å². The molecule has 2 aromatic heterocycles. The van der Waals surface area contributed by atoms with Crippen LogP contribution in [-0.2, 0) is 6.54 Å². The third-order valence-electron chi connectivity index (χ3n) is 3.37. The number of hydrogen-bond donors (Lipinski definition) is 0. The predicted molar refractivity (Wildman–Crippen MR) is 67.9 cm³/mol. The van der Waals surface area contributed by atoms with Gasteiger partial charge in [0.25, 0.3) is 0 Å². The molecule has 1 atom stereocenters. The number of aromatic nitrogens is 4. The molecule has 3 heterocycles. The standard InChI is InChI=1S/C13H17N5/c1-11-14-6-3-12(16-11)9-17-8-4-13(10-17)18-7-2-5-15-18/h2-3,5-7,13H,4,8-10H2,1H3. The van der Waals surface area contributed by atoms with Crippen LogP contribution in [0.3, 0.4) is 0 Å². The van der Waals surface area contributed by atoms with Gasteiger partial charge in [-0.05, 0) is 25.5 Å². The Kier molecular flexibility index (Phi) is 3.06. The molecule has 0 aliphatic carbocycles. The van der Waals surface area contributed by atoms with Crippen molar-refractivity contribution in [2.45, 2.75) is 25.9 Å². The van der Waals surface area contributed by atoms with Crippen molar-refractivity contribution in [3.63, 3.8) is 0 Å². The van der Waals surface area contributed by atoms with Crippen LogP contribution in [0.25, 0.3) is 0 Å². The molecule has 1 saturated heterocycles. The second-order valence-electron chi connectivity index (χ2n) is 4.76. The van der Waals surface area contributed by atoms with Gasteiger partial charge in [-0.15, -0.1) is 0 Å². The molecule has 1 aliphatic heterocycles. The molecule has 3 rings (SSSR count). The molecule has 2 aromatic rings. The van der Waals surface area contributed by atoms with E-state index in [1.54, 1.807) is 0 Å². The van der Waals surface area contributed by atoms with Crippen molar-refractivity contribution in [1.29, 1.82) is 0 Å². The average molecular weight is 243 g/mol. The maximum Gasteiger partial charge on any atom is 0.125 e. The van der Waals surface area contributed by atoms with Crippen molar-refractivity contribution in [3.8, 4) is 0 Å². The number of nitrogens with zero attached hydrogens (tertiary/aromatic N) is 5. The summed E-state index contributed by atoms with van der Waals surface area (Å²) in [5, 5.41) is 4.32. The van der Waals surface area contributed by atoms with Gasteiger partial charge in [-0.1, -0.05) is 0 Å². The molecule has 94 valence electrons. The van der Waals surface area contributed by atoms with Crippen LogP contribution in [0, 0.1) is 6.92 Å². The molecule has 18 heavy (non-hydrogen) atoms. The highest BCUT2D eigenvalue weighted by atomic mass is 15.3. The van der Waals surface area contributed by atoms with Crippen LogP contribution in [0.2, 0.25) is 0 Å². The Hall–Kier alpha value is -1.75. The summed E-state index contributed by atoms with van der Waals surface area (Å²) < 4.78 is 2.06. The molecule has 5 nitrogen and oxygen atoms in total. The summed E-state index contributed by atoms with van der Waals surface area (Å²) in [6.07, 6.45) is 6.88. The van der Waals surface area contributed by atoms with Crippen LogP contribution in [0.15, 0.2) is 30.7 Å².